The van der Waals surface area contributed by atoms with Gasteiger partial charge in [-0.2, -0.15) is 0 Å². The van der Waals surface area contributed by atoms with Crippen molar-refractivity contribution in [1.82, 2.24) is 9.55 Å². The van der Waals surface area contributed by atoms with E-state index in [-0.39, 0.29) is 6.04 Å². The average molecular weight is 235 g/mol. The number of aromatic nitrogens is 2. The Labute approximate surface area is 104 Å². The predicted molar refractivity (Wildman–Crippen MR) is 70.7 cm³/mol. The largest absolute Gasteiger partial charge is 0.330 e. The van der Waals surface area contributed by atoms with Crippen LogP contribution in [0.1, 0.15) is 64.2 Å². The van der Waals surface area contributed by atoms with Gasteiger partial charge >= 0.3 is 0 Å². The minimum Gasteiger partial charge on any atom is -0.330 e. The quantitative estimate of drug-likeness (QED) is 0.822. The molecule has 3 nitrogen and oxygen atoms in total. The normalized spacial score (nSPS) is 25.2. The summed E-state index contributed by atoms with van der Waals surface area (Å²) in [5.74, 6) is 1.50. The third kappa shape index (κ3) is 2.89. The Hall–Kier alpha value is -0.830. The topological polar surface area (TPSA) is 43.8 Å². The molecule has 2 rings (SSSR count). The molecule has 0 aliphatic heterocycles. The van der Waals surface area contributed by atoms with E-state index in [1.54, 1.807) is 0 Å². The molecular formula is C14H25N3. The van der Waals surface area contributed by atoms with E-state index in [9.17, 15) is 0 Å². The van der Waals surface area contributed by atoms with Gasteiger partial charge in [-0.3, -0.25) is 0 Å². The van der Waals surface area contributed by atoms with Gasteiger partial charge in [0.05, 0.1) is 12.0 Å². The average Bonchev–Trinajstić information content (AvgIpc) is 2.85. The molecular weight excluding hydrogens is 210 g/mol. The number of nitrogens with zero attached hydrogens (tertiary/aromatic N) is 2. The number of rotatable bonds is 6. The molecule has 0 saturated heterocycles. The monoisotopic (exact) mass is 235 g/mol. The number of imidazole rings is 1. The third-order valence-corrected chi connectivity index (χ3v) is 3.70. The van der Waals surface area contributed by atoms with Gasteiger partial charge in [0.2, 0.25) is 0 Å². The SMILES string of the molecule is CCCC1CC1n1cncc1C(N)CC(C)C. The van der Waals surface area contributed by atoms with Gasteiger partial charge in [-0.1, -0.05) is 27.2 Å². The third-order valence-electron chi connectivity index (χ3n) is 3.70. The fourth-order valence-electron chi connectivity index (χ4n) is 2.76. The van der Waals surface area contributed by atoms with Crippen LogP contribution in [-0.4, -0.2) is 9.55 Å². The van der Waals surface area contributed by atoms with Crippen molar-refractivity contribution < 1.29 is 0 Å². The Bertz CT molecular complexity index is 356. The molecule has 1 aromatic heterocycles. The second-order valence-corrected chi connectivity index (χ2v) is 5.81. The van der Waals surface area contributed by atoms with Crippen LogP contribution in [-0.2, 0) is 0 Å². The van der Waals surface area contributed by atoms with E-state index >= 15 is 0 Å². The maximum Gasteiger partial charge on any atom is 0.0951 e. The molecule has 3 atom stereocenters. The Morgan fingerprint density at radius 2 is 2.29 bits per heavy atom. The van der Waals surface area contributed by atoms with Crippen LogP contribution in [0, 0.1) is 11.8 Å². The van der Waals surface area contributed by atoms with Gasteiger partial charge in [-0.05, 0) is 31.1 Å². The van der Waals surface area contributed by atoms with Gasteiger partial charge in [0.1, 0.15) is 0 Å². The van der Waals surface area contributed by atoms with Crippen molar-refractivity contribution in [1.29, 1.82) is 0 Å². The summed E-state index contributed by atoms with van der Waals surface area (Å²) < 4.78 is 2.33. The van der Waals surface area contributed by atoms with E-state index in [2.05, 4.69) is 30.3 Å². The summed E-state index contributed by atoms with van der Waals surface area (Å²) in [6, 6.07) is 0.811. The highest BCUT2D eigenvalue weighted by atomic mass is 15.1. The van der Waals surface area contributed by atoms with Crippen LogP contribution >= 0.6 is 0 Å². The lowest BCUT2D eigenvalue weighted by Crippen LogP contribution is -2.17. The highest BCUT2D eigenvalue weighted by Gasteiger charge is 2.38. The lowest BCUT2D eigenvalue weighted by molar-refractivity contribution is 0.478. The summed E-state index contributed by atoms with van der Waals surface area (Å²) in [7, 11) is 0. The molecule has 1 aliphatic carbocycles. The fraction of sp³-hybridized carbons (Fsp3) is 0.786. The molecule has 3 unspecified atom stereocenters. The van der Waals surface area contributed by atoms with Crippen LogP contribution in [0.2, 0.25) is 0 Å². The van der Waals surface area contributed by atoms with Gasteiger partial charge in [0.25, 0.3) is 0 Å². The Kier molecular flexibility index (Phi) is 3.87. The maximum absolute atomic E-state index is 6.27. The summed E-state index contributed by atoms with van der Waals surface area (Å²) in [4.78, 5) is 4.29. The minimum absolute atomic E-state index is 0.139. The van der Waals surface area contributed by atoms with Gasteiger partial charge in [-0.25, -0.2) is 4.98 Å². The molecule has 1 fully saturated rings. The number of hydrogen-bond acceptors (Lipinski definition) is 2. The molecule has 0 spiro atoms. The zero-order valence-corrected chi connectivity index (χ0v) is 11.3. The first-order valence-electron chi connectivity index (χ1n) is 6.90. The Morgan fingerprint density at radius 1 is 1.53 bits per heavy atom. The summed E-state index contributed by atoms with van der Waals surface area (Å²) >= 11 is 0. The summed E-state index contributed by atoms with van der Waals surface area (Å²) in [5.41, 5.74) is 7.49. The molecule has 1 aromatic rings. The first-order valence-corrected chi connectivity index (χ1v) is 6.90. The molecule has 17 heavy (non-hydrogen) atoms. The standard InChI is InChI=1S/C14H25N3/c1-4-5-11-7-13(11)17-9-16-8-14(17)12(15)6-10(2)3/h8-13H,4-7,15H2,1-3H3. The first kappa shape index (κ1) is 12.6. The molecule has 2 N–H and O–H groups in total. The summed E-state index contributed by atoms with van der Waals surface area (Å²) in [6.45, 7) is 6.70. The zero-order valence-electron chi connectivity index (χ0n) is 11.3. The van der Waals surface area contributed by atoms with Crippen LogP contribution < -0.4 is 5.73 Å². The minimum atomic E-state index is 0.139. The van der Waals surface area contributed by atoms with Crippen molar-refractivity contribution in [3.05, 3.63) is 18.2 Å². The van der Waals surface area contributed by atoms with E-state index in [4.69, 9.17) is 5.73 Å². The molecule has 0 bridgehead atoms. The second kappa shape index (κ2) is 5.21. The maximum atomic E-state index is 6.27. The highest BCUT2D eigenvalue weighted by molar-refractivity contribution is 5.10. The molecule has 0 radical (unpaired) electrons. The van der Waals surface area contributed by atoms with Crippen LogP contribution in [0.4, 0.5) is 0 Å². The van der Waals surface area contributed by atoms with Gasteiger partial charge in [0.15, 0.2) is 0 Å². The second-order valence-electron chi connectivity index (χ2n) is 5.81. The molecule has 1 saturated carbocycles. The number of hydrogen-bond donors (Lipinski definition) is 1. The highest BCUT2D eigenvalue weighted by Crippen LogP contribution is 2.47. The molecule has 3 heteroatoms. The molecule has 96 valence electrons. The van der Waals surface area contributed by atoms with E-state index in [1.165, 1.54) is 25.0 Å². The van der Waals surface area contributed by atoms with E-state index < -0.39 is 0 Å². The fourth-order valence-corrected chi connectivity index (χ4v) is 2.76. The lowest BCUT2D eigenvalue weighted by atomic mass is 10.0. The lowest BCUT2D eigenvalue weighted by Gasteiger charge is -2.16. The summed E-state index contributed by atoms with van der Waals surface area (Å²) in [6.07, 6.45) is 8.89. The summed E-state index contributed by atoms with van der Waals surface area (Å²) in [5, 5.41) is 0. The van der Waals surface area contributed by atoms with Crippen LogP contribution in [0.3, 0.4) is 0 Å². The van der Waals surface area contributed by atoms with Gasteiger partial charge in [-0.15, -0.1) is 0 Å². The van der Waals surface area contributed by atoms with Crippen LogP contribution in [0.15, 0.2) is 12.5 Å². The molecule has 1 heterocycles. The van der Waals surface area contributed by atoms with Crippen molar-refractivity contribution in [2.45, 2.75) is 58.5 Å². The van der Waals surface area contributed by atoms with E-state index in [0.717, 1.165) is 12.3 Å². The van der Waals surface area contributed by atoms with Gasteiger partial charge < -0.3 is 10.3 Å². The van der Waals surface area contributed by atoms with Crippen molar-refractivity contribution >= 4 is 0 Å². The van der Waals surface area contributed by atoms with E-state index in [0.29, 0.717) is 12.0 Å². The number of nitrogens with two attached hydrogens (primary N) is 1. The first-order chi connectivity index (χ1) is 8.13. The van der Waals surface area contributed by atoms with Crippen molar-refractivity contribution in [3.63, 3.8) is 0 Å². The predicted octanol–water partition coefficient (Wildman–Crippen LogP) is 3.29. The molecule has 1 aliphatic rings. The smallest absolute Gasteiger partial charge is 0.0951 e. The van der Waals surface area contributed by atoms with Crippen molar-refractivity contribution in [2.75, 3.05) is 0 Å². The molecule has 0 aromatic carbocycles. The molecule has 0 amide bonds. The van der Waals surface area contributed by atoms with Crippen molar-refractivity contribution in [2.24, 2.45) is 17.6 Å². The van der Waals surface area contributed by atoms with E-state index in [1.807, 2.05) is 12.5 Å². The van der Waals surface area contributed by atoms with Crippen LogP contribution in [0.5, 0.6) is 0 Å². The van der Waals surface area contributed by atoms with Gasteiger partial charge in [0, 0.05) is 18.3 Å². The van der Waals surface area contributed by atoms with Crippen molar-refractivity contribution in [3.8, 4) is 0 Å². The Morgan fingerprint density at radius 3 is 2.94 bits per heavy atom. The zero-order chi connectivity index (χ0) is 12.4. The Balaban J connectivity index is 2.02. The van der Waals surface area contributed by atoms with Crippen LogP contribution in [0.25, 0.3) is 0 Å².